The Labute approximate surface area is 93.6 Å². The third-order valence-corrected chi connectivity index (χ3v) is 4.91. The van der Waals surface area contributed by atoms with Crippen molar-refractivity contribution in [3.05, 3.63) is 0 Å². The Kier molecular flexibility index (Phi) is 5.06. The molecule has 1 N–H and O–H groups in total. The summed E-state index contributed by atoms with van der Waals surface area (Å²) in [7, 11) is -2.70. The number of hydrogen-bond donors (Lipinski definition) is 1. The number of nitrogens with one attached hydrogen (secondary N) is 1. The zero-order chi connectivity index (χ0) is 11.3. The van der Waals surface area contributed by atoms with E-state index < -0.39 is 9.84 Å². The van der Waals surface area contributed by atoms with E-state index >= 15 is 0 Å². The van der Waals surface area contributed by atoms with Crippen LogP contribution >= 0.6 is 0 Å². The van der Waals surface area contributed by atoms with Gasteiger partial charge in [-0.1, -0.05) is 20.3 Å². The molecule has 2 atom stereocenters. The molecule has 0 bridgehead atoms. The summed E-state index contributed by atoms with van der Waals surface area (Å²) in [5.41, 5.74) is 0. The monoisotopic (exact) mass is 233 g/mol. The lowest BCUT2D eigenvalue weighted by atomic mass is 9.96. The molecule has 1 rings (SSSR count). The second-order valence-electron chi connectivity index (χ2n) is 4.55. The highest BCUT2D eigenvalue weighted by atomic mass is 32.2. The van der Waals surface area contributed by atoms with Gasteiger partial charge in [0.2, 0.25) is 0 Å². The minimum Gasteiger partial charge on any atom is -0.314 e. The van der Waals surface area contributed by atoms with Gasteiger partial charge in [-0.15, -0.1) is 0 Å². The van der Waals surface area contributed by atoms with Gasteiger partial charge in [0, 0.05) is 6.04 Å². The average Bonchev–Trinajstić information content (AvgIpc) is 2.46. The lowest BCUT2D eigenvalue weighted by Crippen LogP contribution is -2.31. The third-order valence-electron chi connectivity index (χ3n) is 3.07. The minimum absolute atomic E-state index is 0.394. The SMILES string of the molecule is CCCC(CC1CCS(=O)(=O)C1)NCC. The molecule has 0 radical (unpaired) electrons. The molecule has 90 valence electrons. The van der Waals surface area contributed by atoms with Gasteiger partial charge in [0.1, 0.15) is 0 Å². The second-order valence-corrected chi connectivity index (χ2v) is 6.78. The van der Waals surface area contributed by atoms with Gasteiger partial charge < -0.3 is 5.32 Å². The molecule has 3 nitrogen and oxygen atoms in total. The highest BCUT2D eigenvalue weighted by Gasteiger charge is 2.29. The molecular formula is C11H23NO2S. The van der Waals surface area contributed by atoms with Gasteiger partial charge in [0.15, 0.2) is 9.84 Å². The standard InChI is InChI=1S/C11H23NO2S/c1-3-5-11(12-4-2)8-10-6-7-15(13,14)9-10/h10-12H,3-9H2,1-2H3. The molecule has 0 saturated carbocycles. The smallest absolute Gasteiger partial charge is 0.150 e. The van der Waals surface area contributed by atoms with Crippen LogP contribution in [0.15, 0.2) is 0 Å². The van der Waals surface area contributed by atoms with Crippen LogP contribution in [0.3, 0.4) is 0 Å². The molecule has 15 heavy (non-hydrogen) atoms. The Balaban J connectivity index is 2.38. The van der Waals surface area contributed by atoms with Crippen LogP contribution in [0, 0.1) is 5.92 Å². The van der Waals surface area contributed by atoms with Crippen molar-refractivity contribution in [2.45, 2.75) is 45.6 Å². The molecule has 1 fully saturated rings. The molecule has 0 aromatic heterocycles. The van der Waals surface area contributed by atoms with Crippen molar-refractivity contribution in [2.24, 2.45) is 5.92 Å². The molecule has 2 unspecified atom stereocenters. The van der Waals surface area contributed by atoms with Crippen LogP contribution in [-0.4, -0.2) is 32.5 Å². The quantitative estimate of drug-likeness (QED) is 0.758. The zero-order valence-corrected chi connectivity index (χ0v) is 10.6. The van der Waals surface area contributed by atoms with Gasteiger partial charge in [0.05, 0.1) is 11.5 Å². The van der Waals surface area contributed by atoms with E-state index in [-0.39, 0.29) is 0 Å². The van der Waals surface area contributed by atoms with Gasteiger partial charge >= 0.3 is 0 Å². The van der Waals surface area contributed by atoms with E-state index in [0.29, 0.717) is 23.5 Å². The van der Waals surface area contributed by atoms with Crippen LogP contribution in [0.4, 0.5) is 0 Å². The maximum atomic E-state index is 11.3. The molecule has 4 heteroatoms. The van der Waals surface area contributed by atoms with Crippen molar-refractivity contribution < 1.29 is 8.42 Å². The van der Waals surface area contributed by atoms with E-state index in [0.717, 1.165) is 32.2 Å². The van der Waals surface area contributed by atoms with E-state index in [1.54, 1.807) is 0 Å². The van der Waals surface area contributed by atoms with Gasteiger partial charge in [-0.05, 0) is 31.7 Å². The molecule has 0 amide bonds. The van der Waals surface area contributed by atoms with Crippen molar-refractivity contribution in [3.8, 4) is 0 Å². The van der Waals surface area contributed by atoms with E-state index in [9.17, 15) is 8.42 Å². The first-order chi connectivity index (χ1) is 7.07. The summed E-state index contributed by atoms with van der Waals surface area (Å²) in [5.74, 6) is 1.21. The number of rotatable bonds is 6. The molecule has 1 saturated heterocycles. The molecular weight excluding hydrogens is 210 g/mol. The molecule has 0 aromatic carbocycles. The van der Waals surface area contributed by atoms with Gasteiger partial charge in [-0.3, -0.25) is 0 Å². The van der Waals surface area contributed by atoms with E-state index in [1.165, 1.54) is 0 Å². The number of sulfone groups is 1. The van der Waals surface area contributed by atoms with Crippen LogP contribution in [0.1, 0.15) is 39.5 Å². The highest BCUT2D eigenvalue weighted by Crippen LogP contribution is 2.24. The van der Waals surface area contributed by atoms with E-state index in [4.69, 9.17) is 0 Å². The maximum Gasteiger partial charge on any atom is 0.150 e. The normalized spacial score (nSPS) is 26.7. The van der Waals surface area contributed by atoms with E-state index in [1.807, 2.05) is 0 Å². The Bertz CT molecular complexity index is 268. The fourth-order valence-electron chi connectivity index (χ4n) is 2.40. The summed E-state index contributed by atoms with van der Waals surface area (Å²) in [5, 5.41) is 3.44. The highest BCUT2D eigenvalue weighted by molar-refractivity contribution is 7.91. The first-order valence-electron chi connectivity index (χ1n) is 6.01. The Morgan fingerprint density at radius 3 is 2.60 bits per heavy atom. The van der Waals surface area contributed by atoms with Gasteiger partial charge in [-0.25, -0.2) is 8.42 Å². The van der Waals surface area contributed by atoms with Gasteiger partial charge in [0.25, 0.3) is 0 Å². The maximum absolute atomic E-state index is 11.3. The topological polar surface area (TPSA) is 46.2 Å². The molecule has 1 aliphatic rings. The van der Waals surface area contributed by atoms with Crippen molar-refractivity contribution >= 4 is 9.84 Å². The number of hydrogen-bond acceptors (Lipinski definition) is 3. The first kappa shape index (κ1) is 13.0. The fraction of sp³-hybridized carbons (Fsp3) is 1.00. The third kappa shape index (κ3) is 4.51. The largest absolute Gasteiger partial charge is 0.314 e. The van der Waals surface area contributed by atoms with Crippen molar-refractivity contribution in [2.75, 3.05) is 18.1 Å². The summed E-state index contributed by atoms with van der Waals surface area (Å²) in [6.07, 6.45) is 4.22. The summed E-state index contributed by atoms with van der Waals surface area (Å²) in [4.78, 5) is 0. The van der Waals surface area contributed by atoms with E-state index in [2.05, 4.69) is 19.2 Å². The zero-order valence-electron chi connectivity index (χ0n) is 9.83. The summed E-state index contributed by atoms with van der Waals surface area (Å²) in [6, 6.07) is 0.512. The fourth-order valence-corrected chi connectivity index (χ4v) is 4.28. The molecule has 0 spiro atoms. The van der Waals surface area contributed by atoms with Crippen molar-refractivity contribution in [1.82, 2.24) is 5.32 Å². The lowest BCUT2D eigenvalue weighted by Gasteiger charge is -2.20. The molecule has 0 aromatic rings. The molecule has 0 aliphatic carbocycles. The van der Waals surface area contributed by atoms with Crippen LogP contribution in [0.5, 0.6) is 0 Å². The average molecular weight is 233 g/mol. The predicted octanol–water partition coefficient (Wildman–Crippen LogP) is 1.59. The summed E-state index contributed by atoms with van der Waals surface area (Å²) >= 11 is 0. The molecule has 1 heterocycles. The van der Waals surface area contributed by atoms with Crippen LogP contribution in [0.25, 0.3) is 0 Å². The summed E-state index contributed by atoms with van der Waals surface area (Å²) in [6.45, 7) is 5.26. The second kappa shape index (κ2) is 5.85. The van der Waals surface area contributed by atoms with Crippen LogP contribution in [-0.2, 0) is 9.84 Å². The van der Waals surface area contributed by atoms with Crippen LogP contribution < -0.4 is 5.32 Å². The van der Waals surface area contributed by atoms with Crippen molar-refractivity contribution in [3.63, 3.8) is 0 Å². The Morgan fingerprint density at radius 2 is 2.13 bits per heavy atom. The summed E-state index contributed by atoms with van der Waals surface area (Å²) < 4.78 is 22.6. The minimum atomic E-state index is -2.70. The first-order valence-corrected chi connectivity index (χ1v) is 7.83. The van der Waals surface area contributed by atoms with Gasteiger partial charge in [-0.2, -0.15) is 0 Å². The Morgan fingerprint density at radius 1 is 1.40 bits per heavy atom. The predicted molar refractivity (Wildman–Crippen MR) is 63.8 cm³/mol. The molecule has 1 aliphatic heterocycles. The van der Waals surface area contributed by atoms with Crippen molar-refractivity contribution in [1.29, 1.82) is 0 Å². The lowest BCUT2D eigenvalue weighted by molar-refractivity contribution is 0.390. The van der Waals surface area contributed by atoms with Crippen LogP contribution in [0.2, 0.25) is 0 Å². The Hall–Kier alpha value is -0.0900.